The first-order chi connectivity index (χ1) is 10.3. The zero-order valence-electron chi connectivity index (χ0n) is 14.6. The summed E-state index contributed by atoms with van der Waals surface area (Å²) in [5.74, 6) is 0.308. The van der Waals surface area contributed by atoms with Gasteiger partial charge in [0.15, 0.2) is 5.96 Å². The summed E-state index contributed by atoms with van der Waals surface area (Å²) in [6, 6.07) is 8.23. The normalized spacial score (nSPS) is 11.4. The van der Waals surface area contributed by atoms with Crippen molar-refractivity contribution >= 4 is 35.9 Å². The lowest BCUT2D eigenvalue weighted by Crippen LogP contribution is -2.41. The molecule has 0 aliphatic heterocycles. The standard InChI is InChI=1S/C17H27N3O2.HI/c1-6-18-16(20-12-15(21)22-17(3,4)5)19-11-14-9-7-13(2)8-10-14;/h7-10H,6,11-12H2,1-5H3,(H2,18,19,20);1H. The van der Waals surface area contributed by atoms with E-state index in [1.807, 2.05) is 27.7 Å². The van der Waals surface area contributed by atoms with Crippen LogP contribution in [-0.2, 0) is 16.1 Å². The number of ether oxygens (including phenoxy) is 1. The van der Waals surface area contributed by atoms with Crippen molar-refractivity contribution in [1.82, 2.24) is 10.6 Å². The Labute approximate surface area is 156 Å². The summed E-state index contributed by atoms with van der Waals surface area (Å²) in [4.78, 5) is 16.2. The van der Waals surface area contributed by atoms with Gasteiger partial charge in [-0.1, -0.05) is 29.8 Å². The number of hydrogen-bond donors (Lipinski definition) is 2. The summed E-state index contributed by atoms with van der Waals surface area (Å²) in [6.45, 7) is 11.0. The van der Waals surface area contributed by atoms with E-state index in [1.54, 1.807) is 0 Å². The molecule has 0 unspecified atom stereocenters. The summed E-state index contributed by atoms with van der Waals surface area (Å²) in [5, 5.41) is 6.10. The Kier molecular flexibility index (Phi) is 9.87. The van der Waals surface area contributed by atoms with E-state index in [2.05, 4.69) is 46.8 Å². The second-order valence-corrected chi connectivity index (χ2v) is 6.12. The molecule has 0 aromatic heterocycles. The Morgan fingerprint density at radius 3 is 2.30 bits per heavy atom. The number of carbonyl (C=O) groups excluding carboxylic acids is 1. The van der Waals surface area contributed by atoms with Crippen molar-refractivity contribution in [3.05, 3.63) is 35.4 Å². The fourth-order valence-electron chi connectivity index (χ4n) is 1.74. The van der Waals surface area contributed by atoms with Gasteiger partial charge < -0.3 is 15.4 Å². The van der Waals surface area contributed by atoms with Crippen molar-refractivity contribution in [2.75, 3.05) is 13.1 Å². The van der Waals surface area contributed by atoms with Gasteiger partial charge in [-0.3, -0.25) is 4.79 Å². The fourth-order valence-corrected chi connectivity index (χ4v) is 1.74. The number of guanidine groups is 1. The smallest absolute Gasteiger partial charge is 0.325 e. The SMILES string of the molecule is CCNC(=NCc1ccc(C)cc1)NCC(=O)OC(C)(C)C.I. The van der Waals surface area contributed by atoms with E-state index in [0.717, 1.165) is 12.1 Å². The molecule has 23 heavy (non-hydrogen) atoms. The molecule has 0 aliphatic carbocycles. The first-order valence-corrected chi connectivity index (χ1v) is 7.59. The van der Waals surface area contributed by atoms with Crippen LogP contribution in [0.25, 0.3) is 0 Å². The monoisotopic (exact) mass is 433 g/mol. The molecule has 0 fully saturated rings. The molecule has 1 aromatic rings. The first-order valence-electron chi connectivity index (χ1n) is 7.59. The number of benzene rings is 1. The minimum Gasteiger partial charge on any atom is -0.459 e. The van der Waals surface area contributed by atoms with Crippen LogP contribution in [0.5, 0.6) is 0 Å². The summed E-state index contributed by atoms with van der Waals surface area (Å²) in [6.07, 6.45) is 0. The Morgan fingerprint density at radius 2 is 1.78 bits per heavy atom. The topological polar surface area (TPSA) is 62.7 Å². The second kappa shape index (κ2) is 10.5. The van der Waals surface area contributed by atoms with Crippen molar-refractivity contribution in [3.63, 3.8) is 0 Å². The van der Waals surface area contributed by atoms with Gasteiger partial charge in [-0.05, 0) is 40.2 Å². The third-order valence-electron chi connectivity index (χ3n) is 2.70. The van der Waals surface area contributed by atoms with Crippen molar-refractivity contribution in [3.8, 4) is 0 Å². The molecule has 130 valence electrons. The molecular formula is C17H28IN3O2. The number of halogens is 1. The van der Waals surface area contributed by atoms with Gasteiger partial charge in [0.1, 0.15) is 12.1 Å². The lowest BCUT2D eigenvalue weighted by Gasteiger charge is -2.20. The Morgan fingerprint density at radius 1 is 1.17 bits per heavy atom. The number of aryl methyl sites for hydroxylation is 1. The van der Waals surface area contributed by atoms with Crippen molar-refractivity contribution < 1.29 is 9.53 Å². The molecule has 0 bridgehead atoms. The summed E-state index contributed by atoms with van der Waals surface area (Å²) in [5.41, 5.74) is 1.87. The third kappa shape index (κ3) is 10.1. The van der Waals surface area contributed by atoms with E-state index in [0.29, 0.717) is 12.5 Å². The van der Waals surface area contributed by atoms with Crippen LogP contribution in [0.4, 0.5) is 0 Å². The Balaban J connectivity index is 0.00000484. The van der Waals surface area contributed by atoms with Crippen LogP contribution in [0, 0.1) is 6.92 Å². The predicted octanol–water partition coefficient (Wildman–Crippen LogP) is 3.01. The van der Waals surface area contributed by atoms with Gasteiger partial charge in [0, 0.05) is 6.54 Å². The number of nitrogens with zero attached hydrogens (tertiary/aromatic N) is 1. The molecule has 0 heterocycles. The first kappa shape index (κ1) is 21.7. The minimum absolute atomic E-state index is 0. The number of rotatable bonds is 5. The molecule has 0 spiro atoms. The average Bonchev–Trinajstić information content (AvgIpc) is 2.42. The number of nitrogens with one attached hydrogen (secondary N) is 2. The van der Waals surface area contributed by atoms with E-state index in [-0.39, 0.29) is 36.5 Å². The van der Waals surface area contributed by atoms with Crippen LogP contribution in [0.2, 0.25) is 0 Å². The molecular weight excluding hydrogens is 405 g/mol. The Hall–Kier alpha value is -1.31. The van der Waals surface area contributed by atoms with Crippen molar-refractivity contribution in [2.24, 2.45) is 4.99 Å². The van der Waals surface area contributed by atoms with E-state index < -0.39 is 5.60 Å². The summed E-state index contributed by atoms with van der Waals surface area (Å²) >= 11 is 0. The van der Waals surface area contributed by atoms with E-state index in [1.165, 1.54) is 5.56 Å². The van der Waals surface area contributed by atoms with Gasteiger partial charge in [0.25, 0.3) is 0 Å². The van der Waals surface area contributed by atoms with Crippen molar-refractivity contribution in [1.29, 1.82) is 0 Å². The maximum Gasteiger partial charge on any atom is 0.325 e. The second-order valence-electron chi connectivity index (χ2n) is 6.12. The summed E-state index contributed by atoms with van der Waals surface area (Å²) < 4.78 is 5.26. The molecule has 0 aliphatic rings. The van der Waals surface area contributed by atoms with Gasteiger partial charge in [0.2, 0.25) is 0 Å². The van der Waals surface area contributed by atoms with Gasteiger partial charge in [0.05, 0.1) is 6.54 Å². The van der Waals surface area contributed by atoms with E-state index in [9.17, 15) is 4.79 Å². The molecule has 5 nitrogen and oxygen atoms in total. The molecule has 0 amide bonds. The fraction of sp³-hybridized carbons (Fsp3) is 0.529. The minimum atomic E-state index is -0.476. The van der Waals surface area contributed by atoms with Crippen LogP contribution in [0.15, 0.2) is 29.3 Å². The highest BCUT2D eigenvalue weighted by molar-refractivity contribution is 14.0. The van der Waals surface area contributed by atoms with Crippen LogP contribution in [0.1, 0.15) is 38.8 Å². The van der Waals surface area contributed by atoms with Crippen LogP contribution in [0.3, 0.4) is 0 Å². The number of aliphatic imine (C=N–C) groups is 1. The quantitative estimate of drug-likeness (QED) is 0.325. The summed E-state index contributed by atoms with van der Waals surface area (Å²) in [7, 11) is 0. The predicted molar refractivity (Wildman–Crippen MR) is 105 cm³/mol. The highest BCUT2D eigenvalue weighted by Gasteiger charge is 2.16. The average molecular weight is 433 g/mol. The van der Waals surface area contributed by atoms with Gasteiger partial charge in [-0.15, -0.1) is 24.0 Å². The molecule has 0 saturated carbocycles. The zero-order valence-corrected chi connectivity index (χ0v) is 16.9. The van der Waals surface area contributed by atoms with Gasteiger partial charge in [-0.2, -0.15) is 0 Å². The number of esters is 1. The van der Waals surface area contributed by atoms with Crippen molar-refractivity contribution in [2.45, 2.75) is 46.8 Å². The lowest BCUT2D eigenvalue weighted by molar-refractivity contribution is -0.153. The number of carbonyl (C=O) groups is 1. The highest BCUT2D eigenvalue weighted by atomic mass is 127. The third-order valence-corrected chi connectivity index (χ3v) is 2.70. The molecule has 2 N–H and O–H groups in total. The van der Waals surface area contributed by atoms with E-state index >= 15 is 0 Å². The molecule has 0 atom stereocenters. The number of hydrogen-bond acceptors (Lipinski definition) is 3. The Bertz CT molecular complexity index is 508. The van der Waals surface area contributed by atoms with Crippen LogP contribution >= 0.6 is 24.0 Å². The molecule has 1 rings (SSSR count). The van der Waals surface area contributed by atoms with E-state index in [4.69, 9.17) is 4.74 Å². The largest absolute Gasteiger partial charge is 0.459 e. The molecule has 0 radical (unpaired) electrons. The maximum atomic E-state index is 11.7. The maximum absolute atomic E-state index is 11.7. The van der Waals surface area contributed by atoms with Crippen LogP contribution < -0.4 is 10.6 Å². The van der Waals surface area contributed by atoms with Gasteiger partial charge >= 0.3 is 5.97 Å². The molecule has 0 saturated heterocycles. The highest BCUT2D eigenvalue weighted by Crippen LogP contribution is 2.06. The lowest BCUT2D eigenvalue weighted by atomic mass is 10.1. The van der Waals surface area contributed by atoms with Gasteiger partial charge in [-0.25, -0.2) is 4.99 Å². The zero-order chi connectivity index (χ0) is 16.6. The van der Waals surface area contributed by atoms with Crippen LogP contribution in [-0.4, -0.2) is 30.6 Å². The molecule has 6 heteroatoms. The molecule has 1 aromatic carbocycles.